The standard InChI is InChI=1S/C20H15ClN2O/c1-12-3-4-13(2)16(9-12)17-10-19(23-20(24)18(17)11-22)14-5-7-15(21)8-6-14/h3-10H,1-2H3,(H,23,24). The summed E-state index contributed by atoms with van der Waals surface area (Å²) >= 11 is 5.93. The van der Waals surface area contributed by atoms with Crippen LogP contribution in [0.15, 0.2) is 53.3 Å². The van der Waals surface area contributed by atoms with Crippen molar-refractivity contribution in [3.63, 3.8) is 0 Å². The maximum absolute atomic E-state index is 12.4. The van der Waals surface area contributed by atoms with E-state index in [0.717, 1.165) is 22.3 Å². The van der Waals surface area contributed by atoms with E-state index in [4.69, 9.17) is 11.6 Å². The van der Waals surface area contributed by atoms with Gasteiger partial charge in [-0.25, -0.2) is 0 Å². The minimum atomic E-state index is -0.388. The van der Waals surface area contributed by atoms with Crippen molar-refractivity contribution in [2.24, 2.45) is 0 Å². The Morgan fingerprint density at radius 3 is 2.38 bits per heavy atom. The van der Waals surface area contributed by atoms with E-state index in [-0.39, 0.29) is 11.1 Å². The highest BCUT2D eigenvalue weighted by atomic mass is 35.5. The van der Waals surface area contributed by atoms with Gasteiger partial charge < -0.3 is 4.98 Å². The summed E-state index contributed by atoms with van der Waals surface area (Å²) in [5.41, 5.74) is 4.87. The lowest BCUT2D eigenvalue weighted by Crippen LogP contribution is -2.13. The molecule has 0 saturated heterocycles. The number of halogens is 1. The Kier molecular flexibility index (Phi) is 4.24. The molecule has 0 bridgehead atoms. The minimum absolute atomic E-state index is 0.126. The van der Waals surface area contributed by atoms with Crippen molar-refractivity contribution in [3.05, 3.63) is 80.6 Å². The normalized spacial score (nSPS) is 10.4. The predicted molar refractivity (Wildman–Crippen MR) is 97.1 cm³/mol. The summed E-state index contributed by atoms with van der Waals surface area (Å²) in [6, 6.07) is 17.1. The van der Waals surface area contributed by atoms with Gasteiger partial charge in [-0.2, -0.15) is 5.26 Å². The van der Waals surface area contributed by atoms with Crippen LogP contribution in [0.5, 0.6) is 0 Å². The van der Waals surface area contributed by atoms with Crippen LogP contribution < -0.4 is 5.56 Å². The second-order valence-electron chi connectivity index (χ2n) is 5.74. The number of aromatic amines is 1. The van der Waals surface area contributed by atoms with Crippen molar-refractivity contribution in [1.29, 1.82) is 5.26 Å². The van der Waals surface area contributed by atoms with Crippen molar-refractivity contribution >= 4 is 11.6 Å². The van der Waals surface area contributed by atoms with Gasteiger partial charge >= 0.3 is 0 Å². The summed E-state index contributed by atoms with van der Waals surface area (Å²) in [6.45, 7) is 3.96. The average Bonchev–Trinajstić information content (AvgIpc) is 2.57. The maximum Gasteiger partial charge on any atom is 0.266 e. The maximum atomic E-state index is 12.4. The van der Waals surface area contributed by atoms with Gasteiger partial charge in [-0.3, -0.25) is 4.79 Å². The smallest absolute Gasteiger partial charge is 0.266 e. The second-order valence-corrected chi connectivity index (χ2v) is 6.17. The first-order chi connectivity index (χ1) is 11.5. The molecule has 0 aliphatic carbocycles. The minimum Gasteiger partial charge on any atom is -0.321 e. The average molecular weight is 335 g/mol. The monoisotopic (exact) mass is 334 g/mol. The van der Waals surface area contributed by atoms with Gasteiger partial charge in [0.1, 0.15) is 11.6 Å². The Balaban J connectivity index is 2.29. The first-order valence-electron chi connectivity index (χ1n) is 7.50. The van der Waals surface area contributed by atoms with E-state index in [2.05, 4.69) is 4.98 Å². The zero-order valence-corrected chi connectivity index (χ0v) is 14.1. The Labute approximate surface area is 145 Å². The quantitative estimate of drug-likeness (QED) is 0.728. The van der Waals surface area contributed by atoms with Crippen LogP contribution >= 0.6 is 11.6 Å². The molecule has 4 heteroatoms. The number of aromatic nitrogens is 1. The van der Waals surface area contributed by atoms with E-state index in [1.807, 2.05) is 56.3 Å². The number of rotatable bonds is 2. The Morgan fingerprint density at radius 1 is 1.00 bits per heavy atom. The van der Waals surface area contributed by atoms with Gasteiger partial charge in [0.15, 0.2) is 0 Å². The SMILES string of the molecule is Cc1ccc(C)c(-c2cc(-c3ccc(Cl)cc3)[nH]c(=O)c2C#N)c1. The largest absolute Gasteiger partial charge is 0.321 e. The molecule has 0 unspecified atom stereocenters. The van der Waals surface area contributed by atoms with Crippen molar-refractivity contribution < 1.29 is 0 Å². The Morgan fingerprint density at radius 2 is 1.71 bits per heavy atom. The molecule has 118 valence electrons. The number of hydrogen-bond acceptors (Lipinski definition) is 2. The first kappa shape index (κ1) is 16.0. The Hall–Kier alpha value is -2.83. The summed E-state index contributed by atoms with van der Waals surface area (Å²) in [5.74, 6) is 0. The van der Waals surface area contributed by atoms with Crippen LogP contribution in [0.1, 0.15) is 16.7 Å². The Bertz CT molecular complexity index is 1010. The van der Waals surface area contributed by atoms with Crippen molar-refractivity contribution in [1.82, 2.24) is 4.98 Å². The van der Waals surface area contributed by atoms with E-state index < -0.39 is 0 Å². The third-order valence-electron chi connectivity index (χ3n) is 3.98. The van der Waals surface area contributed by atoms with Crippen LogP contribution in [0.3, 0.4) is 0 Å². The van der Waals surface area contributed by atoms with E-state index >= 15 is 0 Å². The molecule has 1 aromatic heterocycles. The molecular weight excluding hydrogens is 320 g/mol. The molecule has 0 aliphatic rings. The highest BCUT2D eigenvalue weighted by molar-refractivity contribution is 6.30. The van der Waals surface area contributed by atoms with Gasteiger partial charge in [-0.1, -0.05) is 47.5 Å². The fraction of sp³-hybridized carbons (Fsp3) is 0.100. The fourth-order valence-electron chi connectivity index (χ4n) is 2.69. The van der Waals surface area contributed by atoms with Gasteiger partial charge in [-0.15, -0.1) is 0 Å². The van der Waals surface area contributed by atoms with Gasteiger partial charge in [0.05, 0.1) is 0 Å². The van der Waals surface area contributed by atoms with Crippen LogP contribution in [-0.2, 0) is 0 Å². The van der Waals surface area contributed by atoms with Crippen LogP contribution in [0.25, 0.3) is 22.4 Å². The third-order valence-corrected chi connectivity index (χ3v) is 4.24. The van der Waals surface area contributed by atoms with Gasteiger partial charge in [0.25, 0.3) is 5.56 Å². The molecule has 0 atom stereocenters. The number of pyridine rings is 1. The van der Waals surface area contributed by atoms with Gasteiger partial charge in [0.2, 0.25) is 0 Å². The van der Waals surface area contributed by atoms with E-state index in [9.17, 15) is 10.1 Å². The number of nitrogens with zero attached hydrogens (tertiary/aromatic N) is 1. The molecule has 0 saturated carbocycles. The molecule has 0 amide bonds. The zero-order valence-electron chi connectivity index (χ0n) is 13.4. The summed E-state index contributed by atoms with van der Waals surface area (Å²) in [5, 5.41) is 10.1. The molecule has 0 radical (unpaired) electrons. The summed E-state index contributed by atoms with van der Waals surface area (Å²) in [4.78, 5) is 15.2. The number of aryl methyl sites for hydroxylation is 2. The molecular formula is C20H15ClN2O. The molecule has 24 heavy (non-hydrogen) atoms. The summed E-state index contributed by atoms with van der Waals surface area (Å²) in [6.07, 6.45) is 0. The third kappa shape index (κ3) is 2.97. The molecule has 3 aromatic rings. The number of nitrogens with one attached hydrogen (secondary N) is 1. The second kappa shape index (κ2) is 6.35. The van der Waals surface area contributed by atoms with E-state index in [1.54, 1.807) is 12.1 Å². The van der Waals surface area contributed by atoms with Crippen LogP contribution in [0.2, 0.25) is 5.02 Å². The van der Waals surface area contributed by atoms with Crippen LogP contribution in [0.4, 0.5) is 0 Å². The number of hydrogen-bond donors (Lipinski definition) is 1. The number of H-pyrrole nitrogens is 1. The lowest BCUT2D eigenvalue weighted by Gasteiger charge is -2.11. The highest BCUT2D eigenvalue weighted by Crippen LogP contribution is 2.29. The fourth-order valence-corrected chi connectivity index (χ4v) is 2.82. The lowest BCUT2D eigenvalue weighted by molar-refractivity contribution is 1.21. The predicted octanol–water partition coefficient (Wildman–Crippen LogP) is 4.85. The molecule has 0 spiro atoms. The van der Waals surface area contributed by atoms with E-state index in [1.165, 1.54) is 0 Å². The molecule has 0 fully saturated rings. The summed E-state index contributed by atoms with van der Waals surface area (Å²) in [7, 11) is 0. The van der Waals surface area contributed by atoms with E-state index in [0.29, 0.717) is 16.3 Å². The van der Waals surface area contributed by atoms with Crippen molar-refractivity contribution in [3.8, 4) is 28.5 Å². The first-order valence-corrected chi connectivity index (χ1v) is 7.88. The molecule has 3 rings (SSSR count). The van der Waals surface area contributed by atoms with Gasteiger partial charge in [-0.05, 0) is 48.7 Å². The topological polar surface area (TPSA) is 56.6 Å². The van der Waals surface area contributed by atoms with Crippen molar-refractivity contribution in [2.45, 2.75) is 13.8 Å². The molecule has 0 aliphatic heterocycles. The van der Waals surface area contributed by atoms with Crippen LogP contribution in [-0.4, -0.2) is 4.98 Å². The number of nitriles is 1. The molecule has 3 nitrogen and oxygen atoms in total. The molecule has 1 heterocycles. The van der Waals surface area contributed by atoms with Crippen molar-refractivity contribution in [2.75, 3.05) is 0 Å². The molecule has 2 aromatic carbocycles. The summed E-state index contributed by atoms with van der Waals surface area (Å²) < 4.78 is 0. The highest BCUT2D eigenvalue weighted by Gasteiger charge is 2.14. The van der Waals surface area contributed by atoms with Crippen LogP contribution in [0, 0.1) is 25.2 Å². The zero-order chi connectivity index (χ0) is 17.3. The van der Waals surface area contributed by atoms with Gasteiger partial charge in [0, 0.05) is 16.3 Å². The molecule has 1 N–H and O–H groups in total. The lowest BCUT2D eigenvalue weighted by atomic mass is 9.94. The number of benzene rings is 2.